The lowest BCUT2D eigenvalue weighted by Gasteiger charge is -2.36. The molecule has 1 aliphatic heterocycles. The highest BCUT2D eigenvalue weighted by Crippen LogP contribution is 2.24. The minimum Gasteiger partial charge on any atom is -0.340 e. The first-order valence-corrected chi connectivity index (χ1v) is 11.0. The van der Waals surface area contributed by atoms with Gasteiger partial charge in [0.15, 0.2) is 0 Å². The zero-order valence-corrected chi connectivity index (χ0v) is 16.3. The number of amides is 1. The van der Waals surface area contributed by atoms with Crippen LogP contribution >= 0.6 is 0 Å². The van der Waals surface area contributed by atoms with Crippen molar-refractivity contribution in [1.82, 2.24) is 9.21 Å². The van der Waals surface area contributed by atoms with Crippen LogP contribution in [0.3, 0.4) is 0 Å². The summed E-state index contributed by atoms with van der Waals surface area (Å²) in [6.07, 6.45) is 5.68. The maximum Gasteiger partial charge on any atom is 0.224 e. The Kier molecular flexibility index (Phi) is 7.02. The van der Waals surface area contributed by atoms with Gasteiger partial charge in [-0.2, -0.15) is 4.31 Å². The average molecular weight is 367 g/mol. The van der Waals surface area contributed by atoms with Gasteiger partial charge in [0.1, 0.15) is 0 Å². The molecule has 0 aromatic heterocycles. The number of nitrogens with zero attached hydrogens (tertiary/aromatic N) is 2. The first kappa shape index (κ1) is 19.9. The van der Waals surface area contributed by atoms with Gasteiger partial charge in [0.2, 0.25) is 15.9 Å². The van der Waals surface area contributed by atoms with E-state index in [1.54, 1.807) is 0 Å². The Morgan fingerprint density at radius 3 is 2.56 bits per heavy atom. The molecule has 1 heterocycles. The van der Waals surface area contributed by atoms with Crippen molar-refractivity contribution in [2.45, 2.75) is 58.0 Å². The molecule has 140 valence electrons. The Balaban J connectivity index is 2.06. The van der Waals surface area contributed by atoms with Crippen LogP contribution in [0.15, 0.2) is 30.3 Å². The number of sulfonamides is 1. The molecule has 0 bridgehead atoms. The van der Waals surface area contributed by atoms with Crippen LogP contribution in [-0.2, 0) is 14.8 Å². The molecule has 0 saturated carbocycles. The molecule has 6 heteroatoms. The number of carbonyl (C=O) groups is 1. The third kappa shape index (κ3) is 5.28. The van der Waals surface area contributed by atoms with Gasteiger partial charge in [-0.3, -0.25) is 4.79 Å². The van der Waals surface area contributed by atoms with Crippen molar-refractivity contribution in [3.8, 4) is 0 Å². The Morgan fingerprint density at radius 2 is 1.96 bits per heavy atom. The summed E-state index contributed by atoms with van der Waals surface area (Å²) in [6, 6.07) is 9.57. The Labute approximate surface area is 152 Å². The average Bonchev–Trinajstić information content (AvgIpc) is 2.61. The van der Waals surface area contributed by atoms with E-state index in [0.717, 1.165) is 31.4 Å². The number of hydrogen-bond acceptors (Lipinski definition) is 3. The molecule has 0 spiro atoms. The summed E-state index contributed by atoms with van der Waals surface area (Å²) in [6.45, 7) is 5.00. The molecule has 1 fully saturated rings. The van der Waals surface area contributed by atoms with Gasteiger partial charge in [-0.15, -0.1) is 0 Å². The van der Waals surface area contributed by atoms with E-state index in [9.17, 15) is 13.2 Å². The Bertz CT molecular complexity index is 661. The first-order valence-electron chi connectivity index (χ1n) is 9.15. The highest BCUT2D eigenvalue weighted by Gasteiger charge is 2.28. The Hall–Kier alpha value is -1.40. The van der Waals surface area contributed by atoms with Gasteiger partial charge in [-0.25, -0.2) is 8.42 Å². The van der Waals surface area contributed by atoms with Crippen molar-refractivity contribution < 1.29 is 13.2 Å². The molecule has 25 heavy (non-hydrogen) atoms. The molecule has 0 aliphatic carbocycles. The lowest BCUT2D eigenvalue weighted by Crippen LogP contribution is -2.45. The topological polar surface area (TPSA) is 57.7 Å². The van der Waals surface area contributed by atoms with Crippen molar-refractivity contribution in [3.05, 3.63) is 35.9 Å². The first-order chi connectivity index (χ1) is 11.8. The molecule has 2 rings (SSSR count). The molecule has 1 amide bonds. The van der Waals surface area contributed by atoms with Crippen molar-refractivity contribution in [2.75, 3.05) is 19.3 Å². The van der Waals surface area contributed by atoms with Gasteiger partial charge < -0.3 is 4.90 Å². The van der Waals surface area contributed by atoms with Crippen molar-refractivity contribution >= 4 is 15.9 Å². The normalized spacial score (nSPS) is 19.8. The van der Waals surface area contributed by atoms with Crippen LogP contribution in [0.25, 0.3) is 0 Å². The predicted octanol–water partition coefficient (Wildman–Crippen LogP) is 3.19. The van der Waals surface area contributed by atoms with E-state index in [1.165, 1.54) is 17.0 Å². The minimum atomic E-state index is -3.40. The number of likely N-dealkylation sites (tertiary alicyclic amines) is 1. The van der Waals surface area contributed by atoms with Crippen molar-refractivity contribution in [3.63, 3.8) is 0 Å². The molecule has 2 unspecified atom stereocenters. The number of hydrogen-bond donors (Lipinski definition) is 0. The van der Waals surface area contributed by atoms with E-state index < -0.39 is 10.0 Å². The smallest absolute Gasteiger partial charge is 0.224 e. The minimum absolute atomic E-state index is 0.0699. The molecule has 0 N–H and O–H groups in total. The molecule has 5 nitrogen and oxygen atoms in total. The molecule has 1 aromatic carbocycles. The van der Waals surface area contributed by atoms with Crippen LogP contribution in [0, 0.1) is 0 Å². The lowest BCUT2D eigenvalue weighted by atomic mass is 9.99. The monoisotopic (exact) mass is 366 g/mol. The van der Waals surface area contributed by atoms with Crippen LogP contribution in [0.2, 0.25) is 0 Å². The fraction of sp³-hybridized carbons (Fsp3) is 0.632. The maximum atomic E-state index is 12.7. The molecule has 2 atom stereocenters. The van der Waals surface area contributed by atoms with E-state index in [0.29, 0.717) is 6.04 Å². The van der Waals surface area contributed by atoms with Gasteiger partial charge in [0.25, 0.3) is 0 Å². The molecular formula is C19H30N2O3S. The van der Waals surface area contributed by atoms with Gasteiger partial charge >= 0.3 is 0 Å². The van der Waals surface area contributed by atoms with E-state index >= 15 is 0 Å². The number of carbonyl (C=O) groups excluding carboxylic acids is 1. The van der Waals surface area contributed by atoms with Crippen molar-refractivity contribution in [1.29, 1.82) is 0 Å². The predicted molar refractivity (Wildman–Crippen MR) is 101 cm³/mol. The molecule has 0 radical (unpaired) electrons. The van der Waals surface area contributed by atoms with Crippen LogP contribution in [0.4, 0.5) is 0 Å². The summed E-state index contributed by atoms with van der Waals surface area (Å²) in [7, 11) is -3.40. The third-order valence-corrected chi connectivity index (χ3v) is 6.46. The zero-order chi connectivity index (χ0) is 18.4. The number of rotatable bonds is 7. The van der Waals surface area contributed by atoms with E-state index in [4.69, 9.17) is 0 Å². The SMILES string of the molecule is CCC1CCCCN1C(=O)CCN(C(C)c1ccccc1)S(C)(=O)=O. The Morgan fingerprint density at radius 1 is 1.28 bits per heavy atom. The van der Waals surface area contributed by atoms with E-state index in [-0.39, 0.29) is 24.9 Å². The number of benzene rings is 1. The van der Waals surface area contributed by atoms with Crippen LogP contribution in [0.5, 0.6) is 0 Å². The van der Waals surface area contributed by atoms with Crippen molar-refractivity contribution in [2.24, 2.45) is 0 Å². The van der Waals surface area contributed by atoms with Crippen LogP contribution in [0.1, 0.15) is 57.6 Å². The summed E-state index contributed by atoms with van der Waals surface area (Å²) >= 11 is 0. The zero-order valence-electron chi connectivity index (χ0n) is 15.5. The molecule has 1 aromatic rings. The van der Waals surface area contributed by atoms with Gasteiger partial charge in [-0.05, 0) is 38.2 Å². The molecule has 1 saturated heterocycles. The van der Waals surface area contributed by atoms with Gasteiger partial charge in [-0.1, -0.05) is 37.3 Å². The number of piperidine rings is 1. The fourth-order valence-electron chi connectivity index (χ4n) is 3.65. The van der Waals surface area contributed by atoms with Gasteiger partial charge in [0, 0.05) is 31.6 Å². The molecular weight excluding hydrogens is 336 g/mol. The van der Waals surface area contributed by atoms with E-state index in [1.807, 2.05) is 42.2 Å². The fourth-order valence-corrected chi connectivity index (χ4v) is 4.77. The summed E-state index contributed by atoms with van der Waals surface area (Å²) in [4.78, 5) is 14.6. The van der Waals surface area contributed by atoms with E-state index in [2.05, 4.69) is 6.92 Å². The summed E-state index contributed by atoms with van der Waals surface area (Å²) < 4.78 is 25.9. The highest BCUT2D eigenvalue weighted by atomic mass is 32.2. The van der Waals surface area contributed by atoms with Crippen LogP contribution in [-0.4, -0.2) is 48.9 Å². The van der Waals surface area contributed by atoms with Gasteiger partial charge in [0.05, 0.1) is 6.26 Å². The standard InChI is InChI=1S/C19H30N2O3S/c1-4-18-12-8-9-14-20(18)19(22)13-15-21(25(3,23)24)16(2)17-10-6-5-7-11-17/h5-7,10-11,16,18H,4,8-9,12-15H2,1-3H3. The highest BCUT2D eigenvalue weighted by molar-refractivity contribution is 7.88. The second-order valence-electron chi connectivity index (χ2n) is 6.86. The second kappa shape index (κ2) is 8.81. The largest absolute Gasteiger partial charge is 0.340 e. The second-order valence-corrected chi connectivity index (χ2v) is 8.79. The third-order valence-electron chi connectivity index (χ3n) is 5.10. The summed E-state index contributed by atoms with van der Waals surface area (Å²) in [5, 5.41) is 0. The molecule has 1 aliphatic rings. The maximum absolute atomic E-state index is 12.7. The summed E-state index contributed by atoms with van der Waals surface area (Å²) in [5.74, 6) is 0.0699. The summed E-state index contributed by atoms with van der Waals surface area (Å²) in [5.41, 5.74) is 0.935. The quantitative estimate of drug-likeness (QED) is 0.745. The van der Waals surface area contributed by atoms with Crippen LogP contribution < -0.4 is 0 Å². The lowest BCUT2D eigenvalue weighted by molar-refractivity contribution is -0.135.